The van der Waals surface area contributed by atoms with Crippen LogP contribution < -0.4 is 0 Å². The molecule has 1 aromatic rings. The molecule has 0 spiro atoms. The average molecular weight is 193 g/mol. The van der Waals surface area contributed by atoms with Gasteiger partial charge in [-0.1, -0.05) is 30.3 Å². The van der Waals surface area contributed by atoms with Gasteiger partial charge in [0.05, 0.1) is 6.54 Å². The molecule has 0 saturated heterocycles. The summed E-state index contributed by atoms with van der Waals surface area (Å²) in [5, 5.41) is 0. The third-order valence-corrected chi connectivity index (χ3v) is 1.69. The lowest BCUT2D eigenvalue weighted by molar-refractivity contribution is -0.145. The second kappa shape index (κ2) is 5.40. The van der Waals surface area contributed by atoms with Gasteiger partial charge in [0.25, 0.3) is 0 Å². The Morgan fingerprint density at radius 2 is 1.93 bits per heavy atom. The fourth-order valence-corrected chi connectivity index (χ4v) is 1.04. The van der Waals surface area contributed by atoms with Gasteiger partial charge in [0, 0.05) is 0 Å². The van der Waals surface area contributed by atoms with Gasteiger partial charge in [-0.15, -0.1) is 0 Å². The van der Waals surface area contributed by atoms with Crippen LogP contribution in [0.25, 0.3) is 0 Å². The summed E-state index contributed by atoms with van der Waals surface area (Å²) in [6.45, 7) is 0.681. The Balaban J connectivity index is 2.31. The first-order chi connectivity index (χ1) is 6.68. The summed E-state index contributed by atoms with van der Waals surface area (Å²) in [4.78, 5) is 12.9. The molecule has 0 bridgehead atoms. The van der Waals surface area contributed by atoms with E-state index >= 15 is 0 Å². The number of hydrogen-bond acceptors (Lipinski definition) is 3. The van der Waals surface area contributed by atoms with Crippen molar-refractivity contribution in [3.05, 3.63) is 35.9 Å². The Labute approximate surface area is 84.3 Å². The number of likely N-dealkylation sites (N-methyl/N-ethyl adjacent to an activating group) is 1. The minimum Gasteiger partial charge on any atom is -0.460 e. The first kappa shape index (κ1) is 10.7. The van der Waals surface area contributed by atoms with Crippen molar-refractivity contribution in [3.8, 4) is 0 Å². The Kier molecular flexibility index (Phi) is 4.13. The first-order valence-electron chi connectivity index (χ1n) is 4.53. The first-order valence-corrected chi connectivity index (χ1v) is 4.53. The number of benzene rings is 1. The Morgan fingerprint density at radius 3 is 2.50 bits per heavy atom. The SMILES string of the molecule is CN(C)CC(=O)OCc1ccccc1. The normalized spacial score (nSPS) is 10.2. The molecular formula is C11H15NO2. The van der Waals surface area contributed by atoms with E-state index in [1.165, 1.54) is 0 Å². The molecule has 3 nitrogen and oxygen atoms in total. The smallest absolute Gasteiger partial charge is 0.320 e. The Hall–Kier alpha value is -1.35. The summed E-state index contributed by atoms with van der Waals surface area (Å²) in [5.41, 5.74) is 1.01. The number of rotatable bonds is 4. The number of esters is 1. The van der Waals surface area contributed by atoms with Crippen molar-refractivity contribution in [2.45, 2.75) is 6.61 Å². The number of hydrogen-bond donors (Lipinski definition) is 0. The van der Waals surface area contributed by atoms with E-state index in [-0.39, 0.29) is 5.97 Å². The van der Waals surface area contributed by atoms with Gasteiger partial charge in [-0.2, -0.15) is 0 Å². The maximum atomic E-state index is 11.2. The van der Waals surface area contributed by atoms with Crippen molar-refractivity contribution < 1.29 is 9.53 Å². The lowest BCUT2D eigenvalue weighted by Crippen LogP contribution is -2.23. The molecule has 0 aromatic heterocycles. The fourth-order valence-electron chi connectivity index (χ4n) is 1.04. The van der Waals surface area contributed by atoms with E-state index in [2.05, 4.69) is 0 Å². The van der Waals surface area contributed by atoms with Crippen molar-refractivity contribution in [3.63, 3.8) is 0 Å². The third kappa shape index (κ3) is 4.05. The van der Waals surface area contributed by atoms with E-state index in [4.69, 9.17) is 4.74 Å². The standard InChI is InChI=1S/C11H15NO2/c1-12(2)8-11(13)14-9-10-6-4-3-5-7-10/h3-7H,8-9H2,1-2H3. The van der Waals surface area contributed by atoms with Crippen molar-refractivity contribution in [2.75, 3.05) is 20.6 Å². The summed E-state index contributed by atoms with van der Waals surface area (Å²) < 4.78 is 5.06. The van der Waals surface area contributed by atoms with Crippen LogP contribution in [-0.4, -0.2) is 31.5 Å². The van der Waals surface area contributed by atoms with Gasteiger partial charge in [-0.05, 0) is 19.7 Å². The van der Waals surface area contributed by atoms with Gasteiger partial charge >= 0.3 is 5.97 Å². The Morgan fingerprint density at radius 1 is 1.29 bits per heavy atom. The zero-order valence-electron chi connectivity index (χ0n) is 8.56. The van der Waals surface area contributed by atoms with Gasteiger partial charge < -0.3 is 4.74 Å². The van der Waals surface area contributed by atoms with E-state index in [9.17, 15) is 4.79 Å². The van der Waals surface area contributed by atoms with Crippen molar-refractivity contribution in [2.24, 2.45) is 0 Å². The topological polar surface area (TPSA) is 29.5 Å². The zero-order valence-corrected chi connectivity index (χ0v) is 8.56. The van der Waals surface area contributed by atoms with E-state index in [1.54, 1.807) is 4.90 Å². The highest BCUT2D eigenvalue weighted by atomic mass is 16.5. The number of ether oxygens (including phenoxy) is 1. The number of nitrogens with zero attached hydrogens (tertiary/aromatic N) is 1. The molecule has 0 saturated carbocycles. The molecule has 3 heteroatoms. The molecule has 0 aliphatic rings. The van der Waals surface area contributed by atoms with Crippen LogP contribution in [0.3, 0.4) is 0 Å². The molecule has 76 valence electrons. The van der Waals surface area contributed by atoms with E-state index in [1.807, 2.05) is 44.4 Å². The molecule has 1 aromatic carbocycles. The molecule has 0 N–H and O–H groups in total. The van der Waals surface area contributed by atoms with Crippen molar-refractivity contribution in [1.29, 1.82) is 0 Å². The van der Waals surface area contributed by atoms with Gasteiger partial charge in [-0.3, -0.25) is 9.69 Å². The highest BCUT2D eigenvalue weighted by Gasteiger charge is 2.03. The Bertz CT molecular complexity index is 283. The van der Waals surface area contributed by atoms with Crippen LogP contribution in [0.1, 0.15) is 5.56 Å². The highest BCUT2D eigenvalue weighted by Crippen LogP contribution is 2.00. The molecule has 0 heterocycles. The molecule has 0 aliphatic carbocycles. The van der Waals surface area contributed by atoms with Crippen LogP contribution in [0.5, 0.6) is 0 Å². The van der Waals surface area contributed by atoms with Crippen LogP contribution in [-0.2, 0) is 16.1 Å². The lowest BCUT2D eigenvalue weighted by atomic mass is 10.2. The van der Waals surface area contributed by atoms with Gasteiger partial charge in [-0.25, -0.2) is 0 Å². The molecule has 0 atom stereocenters. The van der Waals surface area contributed by atoms with Gasteiger partial charge in [0.15, 0.2) is 0 Å². The molecular weight excluding hydrogens is 178 g/mol. The second-order valence-corrected chi connectivity index (χ2v) is 3.38. The van der Waals surface area contributed by atoms with Crippen LogP contribution >= 0.6 is 0 Å². The average Bonchev–Trinajstić information content (AvgIpc) is 2.15. The van der Waals surface area contributed by atoms with E-state index in [0.717, 1.165) is 5.56 Å². The van der Waals surface area contributed by atoms with E-state index < -0.39 is 0 Å². The highest BCUT2D eigenvalue weighted by molar-refractivity contribution is 5.71. The third-order valence-electron chi connectivity index (χ3n) is 1.69. The monoisotopic (exact) mass is 193 g/mol. The summed E-state index contributed by atoms with van der Waals surface area (Å²) in [5.74, 6) is -0.196. The quantitative estimate of drug-likeness (QED) is 0.675. The molecule has 0 fully saturated rings. The lowest BCUT2D eigenvalue weighted by Gasteiger charge is -2.09. The molecule has 14 heavy (non-hydrogen) atoms. The van der Waals surface area contributed by atoms with E-state index in [0.29, 0.717) is 13.2 Å². The summed E-state index contributed by atoms with van der Waals surface area (Å²) in [7, 11) is 3.67. The van der Waals surface area contributed by atoms with Gasteiger partial charge in [0.1, 0.15) is 6.61 Å². The van der Waals surface area contributed by atoms with Crippen LogP contribution in [0.2, 0.25) is 0 Å². The summed E-state index contributed by atoms with van der Waals surface area (Å²) in [6, 6.07) is 9.65. The summed E-state index contributed by atoms with van der Waals surface area (Å²) >= 11 is 0. The predicted octanol–water partition coefficient (Wildman–Crippen LogP) is 1.29. The maximum Gasteiger partial charge on any atom is 0.320 e. The molecule has 1 rings (SSSR count). The molecule has 0 unspecified atom stereocenters. The largest absolute Gasteiger partial charge is 0.460 e. The van der Waals surface area contributed by atoms with Crippen LogP contribution in [0, 0.1) is 0 Å². The molecule has 0 amide bonds. The zero-order chi connectivity index (χ0) is 10.4. The second-order valence-electron chi connectivity index (χ2n) is 3.38. The maximum absolute atomic E-state index is 11.2. The minimum atomic E-state index is -0.196. The minimum absolute atomic E-state index is 0.196. The van der Waals surface area contributed by atoms with Crippen molar-refractivity contribution >= 4 is 5.97 Å². The predicted molar refractivity (Wildman–Crippen MR) is 54.8 cm³/mol. The van der Waals surface area contributed by atoms with Crippen LogP contribution in [0.4, 0.5) is 0 Å². The van der Waals surface area contributed by atoms with Crippen molar-refractivity contribution in [1.82, 2.24) is 4.90 Å². The fraction of sp³-hybridized carbons (Fsp3) is 0.364. The summed E-state index contributed by atoms with van der Waals surface area (Å²) in [6.07, 6.45) is 0. The number of carbonyl (C=O) groups excluding carboxylic acids is 1. The molecule has 0 aliphatic heterocycles. The number of carbonyl (C=O) groups is 1. The van der Waals surface area contributed by atoms with Crippen LogP contribution in [0.15, 0.2) is 30.3 Å². The van der Waals surface area contributed by atoms with Gasteiger partial charge in [0.2, 0.25) is 0 Å². The molecule has 0 radical (unpaired) electrons.